The van der Waals surface area contributed by atoms with Crippen LogP contribution in [0.5, 0.6) is 0 Å². The molecule has 0 aliphatic rings. The fourth-order valence-electron chi connectivity index (χ4n) is 2.30. The topological polar surface area (TPSA) is 26.0 Å². The van der Waals surface area contributed by atoms with Crippen molar-refractivity contribution in [2.45, 2.75) is 64.7 Å². The van der Waals surface area contributed by atoms with Crippen LogP contribution >= 0.6 is 0 Å². The number of hydrogen-bond donors (Lipinski definition) is 1. The molecule has 0 aromatic carbocycles. The Morgan fingerprint density at radius 2 is 1.17 bits per heavy atom. The lowest BCUT2D eigenvalue weighted by atomic mass is 10.1. The Labute approximate surface area is 126 Å². The van der Waals surface area contributed by atoms with Crippen molar-refractivity contribution >= 4 is 0 Å². The van der Waals surface area contributed by atoms with E-state index in [-0.39, 0.29) is 17.0 Å². The third kappa shape index (κ3) is 14.5. The molecule has 0 fully saturated rings. The summed E-state index contributed by atoms with van der Waals surface area (Å²) in [5.41, 5.74) is 5.56. The Morgan fingerprint density at radius 1 is 0.722 bits per heavy atom. The summed E-state index contributed by atoms with van der Waals surface area (Å²) in [4.78, 5) is 0. The van der Waals surface area contributed by atoms with Gasteiger partial charge in [0.2, 0.25) is 0 Å². The minimum absolute atomic E-state index is 0. The van der Waals surface area contributed by atoms with E-state index in [9.17, 15) is 0 Å². The Bertz CT molecular complexity index is 161. The predicted octanol–water partition coefficient (Wildman–Crippen LogP) is 0.556. The monoisotopic (exact) mass is 322 g/mol. The lowest BCUT2D eigenvalue weighted by Gasteiger charge is -2.29. The molecule has 0 bridgehead atoms. The van der Waals surface area contributed by atoms with E-state index in [1.165, 1.54) is 64.5 Å². The molecule has 0 atom stereocenters. The third-order valence-corrected chi connectivity index (χ3v) is 3.58. The number of hydrogen-bond acceptors (Lipinski definition) is 1. The fourth-order valence-corrected chi connectivity index (χ4v) is 2.30. The molecule has 0 radical (unpaired) electrons. The second-order valence-electron chi connectivity index (χ2n) is 6.00. The molecule has 0 amide bonds. The van der Waals surface area contributed by atoms with E-state index in [1.807, 2.05) is 0 Å². The van der Waals surface area contributed by atoms with E-state index >= 15 is 0 Å². The molecule has 0 aliphatic carbocycles. The van der Waals surface area contributed by atoms with Gasteiger partial charge in [0.15, 0.2) is 0 Å². The van der Waals surface area contributed by atoms with Gasteiger partial charge in [0, 0.05) is 6.42 Å². The largest absolute Gasteiger partial charge is 1.00 e. The summed E-state index contributed by atoms with van der Waals surface area (Å²) in [6, 6.07) is 0. The molecule has 0 heterocycles. The highest BCUT2D eigenvalue weighted by atomic mass is 79.9. The number of nitrogens with two attached hydrogens (primary N) is 1. The summed E-state index contributed by atoms with van der Waals surface area (Å²) in [6.07, 6.45) is 12.5. The summed E-state index contributed by atoms with van der Waals surface area (Å²) < 4.78 is 1.15. The van der Waals surface area contributed by atoms with Gasteiger partial charge >= 0.3 is 0 Å². The van der Waals surface area contributed by atoms with Gasteiger partial charge in [0.1, 0.15) is 0 Å². The van der Waals surface area contributed by atoms with Crippen LogP contribution in [0.25, 0.3) is 0 Å². The number of halogens is 1. The van der Waals surface area contributed by atoms with Crippen LogP contribution in [0.4, 0.5) is 0 Å². The smallest absolute Gasteiger partial charge is 0.0794 e. The van der Waals surface area contributed by atoms with Gasteiger partial charge in [-0.25, -0.2) is 0 Å². The number of unbranched alkanes of at least 4 members (excludes halogenated alkanes) is 7. The molecular weight excluding hydrogens is 288 g/mol. The van der Waals surface area contributed by atoms with Crippen LogP contribution < -0.4 is 22.7 Å². The molecule has 0 saturated heterocycles. The zero-order chi connectivity index (χ0) is 13.0. The first-order chi connectivity index (χ1) is 8.12. The maximum Gasteiger partial charge on any atom is 0.0794 e. The van der Waals surface area contributed by atoms with Crippen LogP contribution in [-0.2, 0) is 0 Å². The lowest BCUT2D eigenvalue weighted by Crippen LogP contribution is -3.00. The maximum absolute atomic E-state index is 5.56. The minimum atomic E-state index is 0. The van der Waals surface area contributed by atoms with Crippen molar-refractivity contribution in [3.05, 3.63) is 0 Å². The molecule has 2 nitrogen and oxygen atoms in total. The zero-order valence-corrected chi connectivity index (χ0v) is 14.5. The summed E-state index contributed by atoms with van der Waals surface area (Å²) >= 11 is 0. The van der Waals surface area contributed by atoms with Gasteiger partial charge in [0.05, 0.1) is 27.2 Å². The van der Waals surface area contributed by atoms with Gasteiger partial charge in [-0.05, 0) is 19.4 Å². The van der Waals surface area contributed by atoms with Crippen LogP contribution in [0.2, 0.25) is 0 Å². The molecule has 112 valence electrons. The van der Waals surface area contributed by atoms with Crippen molar-refractivity contribution in [2.75, 3.05) is 33.7 Å². The van der Waals surface area contributed by atoms with Crippen molar-refractivity contribution in [3.63, 3.8) is 0 Å². The molecule has 0 rings (SSSR count). The van der Waals surface area contributed by atoms with Gasteiger partial charge in [-0.2, -0.15) is 0 Å². The Morgan fingerprint density at radius 3 is 1.67 bits per heavy atom. The van der Waals surface area contributed by atoms with Gasteiger partial charge < -0.3 is 27.2 Å². The van der Waals surface area contributed by atoms with Gasteiger partial charge in [-0.3, -0.25) is 0 Å². The van der Waals surface area contributed by atoms with E-state index in [2.05, 4.69) is 21.0 Å². The van der Waals surface area contributed by atoms with Gasteiger partial charge in [-0.1, -0.05) is 45.4 Å². The molecule has 0 saturated carbocycles. The van der Waals surface area contributed by atoms with Crippen molar-refractivity contribution in [2.24, 2.45) is 5.73 Å². The molecule has 0 aromatic rings. The molecule has 0 spiro atoms. The standard InChI is InChI=1S/C15H35N2.BrH/c1-4-5-6-7-8-9-10-11-14-17(2,3)15-12-13-16;/h4-16H2,1-3H3;1H/q+1;/p-1. The van der Waals surface area contributed by atoms with Crippen molar-refractivity contribution < 1.29 is 21.5 Å². The van der Waals surface area contributed by atoms with Crippen LogP contribution in [0.1, 0.15) is 64.7 Å². The highest BCUT2D eigenvalue weighted by Crippen LogP contribution is 2.10. The Kier molecular flexibility index (Phi) is 15.9. The second kappa shape index (κ2) is 13.8. The van der Waals surface area contributed by atoms with Crippen molar-refractivity contribution in [1.29, 1.82) is 0 Å². The summed E-state index contributed by atoms with van der Waals surface area (Å²) in [5, 5.41) is 0. The first-order valence-corrected chi connectivity index (χ1v) is 7.64. The second-order valence-corrected chi connectivity index (χ2v) is 6.00. The number of rotatable bonds is 12. The zero-order valence-electron chi connectivity index (χ0n) is 12.9. The van der Waals surface area contributed by atoms with Crippen LogP contribution in [-0.4, -0.2) is 38.2 Å². The van der Waals surface area contributed by atoms with E-state index in [1.54, 1.807) is 0 Å². The summed E-state index contributed by atoms with van der Waals surface area (Å²) in [6.45, 7) is 5.66. The van der Waals surface area contributed by atoms with Crippen LogP contribution in [0, 0.1) is 0 Å². The van der Waals surface area contributed by atoms with Crippen molar-refractivity contribution in [3.8, 4) is 0 Å². The predicted molar refractivity (Wildman–Crippen MR) is 78.1 cm³/mol. The SMILES string of the molecule is CCCCCCCCCC[N+](C)(C)CCCN.[Br-]. The maximum atomic E-state index is 5.56. The Hall–Kier alpha value is 0.400. The molecule has 2 N–H and O–H groups in total. The number of nitrogens with zero attached hydrogens (tertiary/aromatic N) is 1. The van der Waals surface area contributed by atoms with Crippen molar-refractivity contribution in [1.82, 2.24) is 0 Å². The molecule has 3 heteroatoms. The first kappa shape index (κ1) is 20.7. The normalized spacial score (nSPS) is 11.3. The number of quaternary nitrogens is 1. The molecule has 0 aliphatic heterocycles. The highest BCUT2D eigenvalue weighted by molar-refractivity contribution is 4.46. The lowest BCUT2D eigenvalue weighted by molar-refractivity contribution is -0.890. The van der Waals surface area contributed by atoms with E-state index in [0.29, 0.717) is 0 Å². The van der Waals surface area contributed by atoms with Gasteiger partial charge in [0.25, 0.3) is 0 Å². The summed E-state index contributed by atoms with van der Waals surface area (Å²) in [7, 11) is 4.66. The highest BCUT2D eigenvalue weighted by Gasteiger charge is 2.12. The summed E-state index contributed by atoms with van der Waals surface area (Å²) in [5.74, 6) is 0. The first-order valence-electron chi connectivity index (χ1n) is 7.64. The molecule has 18 heavy (non-hydrogen) atoms. The van der Waals surface area contributed by atoms with E-state index < -0.39 is 0 Å². The van der Waals surface area contributed by atoms with E-state index in [4.69, 9.17) is 5.73 Å². The third-order valence-electron chi connectivity index (χ3n) is 3.58. The fraction of sp³-hybridized carbons (Fsp3) is 1.00. The van der Waals surface area contributed by atoms with Gasteiger partial charge in [-0.15, -0.1) is 0 Å². The Balaban J connectivity index is 0. The molecule has 0 aromatic heterocycles. The van der Waals surface area contributed by atoms with Crippen LogP contribution in [0.3, 0.4) is 0 Å². The molecular formula is C15H35BrN2. The average molecular weight is 323 g/mol. The molecule has 0 unspecified atom stereocenters. The minimum Gasteiger partial charge on any atom is -1.00 e. The van der Waals surface area contributed by atoms with E-state index in [0.717, 1.165) is 17.4 Å². The quantitative estimate of drug-likeness (QED) is 0.412. The van der Waals surface area contributed by atoms with Crippen LogP contribution in [0.15, 0.2) is 0 Å². The average Bonchev–Trinajstić information content (AvgIpc) is 2.30.